The molecule has 6 nitrogen and oxygen atoms in total. The van der Waals surface area contributed by atoms with Crippen LogP contribution in [-0.4, -0.2) is 32.3 Å². The van der Waals surface area contributed by atoms with E-state index >= 15 is 0 Å². The Hall–Kier alpha value is -2.22. The van der Waals surface area contributed by atoms with Crippen molar-refractivity contribution in [3.8, 4) is 0 Å². The number of carbonyl (C=O) groups excluding carboxylic acids is 1. The van der Waals surface area contributed by atoms with Crippen LogP contribution in [0, 0.1) is 13.8 Å². The SMILES string of the molecule is Cc1cc(C)cc(C2CCCN2CCC(=O)Nc2cccc(S(N)(=O)=O)c2)c1. The van der Waals surface area contributed by atoms with E-state index in [1.165, 1.54) is 28.8 Å². The highest BCUT2D eigenvalue weighted by atomic mass is 32.2. The number of benzene rings is 2. The molecule has 0 bridgehead atoms. The Kier molecular flexibility index (Phi) is 6.17. The smallest absolute Gasteiger partial charge is 0.238 e. The standard InChI is InChI=1S/C21H27N3O3S/c1-15-11-16(2)13-17(12-15)20-7-4-9-24(20)10-8-21(25)23-18-5-3-6-19(14-18)28(22,26)27/h3,5-6,11-14,20H,4,7-10H2,1-2H3,(H,23,25)(H2,22,26,27). The Morgan fingerprint density at radius 2 is 1.89 bits per heavy atom. The number of aryl methyl sites for hydroxylation is 2. The van der Waals surface area contributed by atoms with E-state index < -0.39 is 10.0 Å². The maximum Gasteiger partial charge on any atom is 0.238 e. The van der Waals surface area contributed by atoms with Crippen molar-refractivity contribution in [3.05, 3.63) is 59.2 Å². The Balaban J connectivity index is 1.61. The minimum absolute atomic E-state index is 0.0141. The van der Waals surface area contributed by atoms with Crippen LogP contribution in [0.2, 0.25) is 0 Å². The van der Waals surface area contributed by atoms with Gasteiger partial charge >= 0.3 is 0 Å². The highest BCUT2D eigenvalue weighted by Crippen LogP contribution is 2.32. The van der Waals surface area contributed by atoms with Gasteiger partial charge < -0.3 is 5.32 Å². The van der Waals surface area contributed by atoms with Crippen LogP contribution < -0.4 is 10.5 Å². The second-order valence-corrected chi connectivity index (χ2v) is 9.05. The summed E-state index contributed by atoms with van der Waals surface area (Å²) in [4.78, 5) is 14.7. The number of nitrogens with two attached hydrogens (primary N) is 1. The van der Waals surface area contributed by atoms with E-state index in [0.29, 0.717) is 24.7 Å². The number of carbonyl (C=O) groups is 1. The molecule has 1 aliphatic rings. The molecule has 0 radical (unpaired) electrons. The third-order valence-corrected chi connectivity index (χ3v) is 5.98. The van der Waals surface area contributed by atoms with E-state index in [4.69, 9.17) is 5.14 Å². The molecule has 0 aromatic heterocycles. The molecule has 1 aliphatic heterocycles. The van der Waals surface area contributed by atoms with E-state index in [-0.39, 0.29) is 10.8 Å². The highest BCUT2D eigenvalue weighted by molar-refractivity contribution is 7.89. The Bertz CT molecular complexity index is 952. The molecular formula is C21H27N3O3S. The van der Waals surface area contributed by atoms with E-state index in [2.05, 4.69) is 42.3 Å². The van der Waals surface area contributed by atoms with E-state index in [1.54, 1.807) is 12.1 Å². The van der Waals surface area contributed by atoms with Crippen molar-refractivity contribution in [3.63, 3.8) is 0 Å². The second-order valence-electron chi connectivity index (χ2n) is 7.49. The van der Waals surface area contributed by atoms with Gasteiger partial charge in [-0.1, -0.05) is 35.4 Å². The summed E-state index contributed by atoms with van der Waals surface area (Å²) < 4.78 is 22.9. The molecule has 1 atom stereocenters. The monoisotopic (exact) mass is 401 g/mol. The summed E-state index contributed by atoms with van der Waals surface area (Å²) in [6.07, 6.45) is 2.57. The summed E-state index contributed by atoms with van der Waals surface area (Å²) in [7, 11) is -3.79. The summed E-state index contributed by atoms with van der Waals surface area (Å²) in [5, 5.41) is 7.91. The number of nitrogens with one attached hydrogen (secondary N) is 1. The molecule has 2 aromatic rings. The number of rotatable bonds is 6. The van der Waals surface area contributed by atoms with Gasteiger partial charge in [0.15, 0.2) is 0 Å². The number of amides is 1. The third-order valence-electron chi connectivity index (χ3n) is 5.06. The zero-order chi connectivity index (χ0) is 20.3. The van der Waals surface area contributed by atoms with Crippen molar-refractivity contribution < 1.29 is 13.2 Å². The Morgan fingerprint density at radius 3 is 2.57 bits per heavy atom. The first-order chi connectivity index (χ1) is 13.2. The maximum absolute atomic E-state index is 12.4. The highest BCUT2D eigenvalue weighted by Gasteiger charge is 2.26. The lowest BCUT2D eigenvalue weighted by atomic mass is 9.99. The molecule has 1 unspecified atom stereocenters. The van der Waals surface area contributed by atoms with Crippen molar-refractivity contribution in [2.24, 2.45) is 5.14 Å². The Labute approximate surface area is 166 Å². The van der Waals surface area contributed by atoms with Gasteiger partial charge in [0.05, 0.1) is 4.90 Å². The normalized spacial score (nSPS) is 17.6. The van der Waals surface area contributed by atoms with Crippen molar-refractivity contribution in [1.82, 2.24) is 4.90 Å². The molecule has 1 amide bonds. The molecule has 28 heavy (non-hydrogen) atoms. The number of anilines is 1. The van der Waals surface area contributed by atoms with Crippen LogP contribution in [0.25, 0.3) is 0 Å². The van der Waals surface area contributed by atoms with Crippen LogP contribution in [0.5, 0.6) is 0 Å². The van der Waals surface area contributed by atoms with E-state index in [9.17, 15) is 13.2 Å². The maximum atomic E-state index is 12.4. The van der Waals surface area contributed by atoms with Crippen molar-refractivity contribution in [2.75, 3.05) is 18.4 Å². The van der Waals surface area contributed by atoms with Gasteiger partial charge in [-0.15, -0.1) is 0 Å². The van der Waals surface area contributed by atoms with Crippen LogP contribution in [0.15, 0.2) is 47.4 Å². The number of hydrogen-bond donors (Lipinski definition) is 2. The molecule has 2 aromatic carbocycles. The van der Waals surface area contributed by atoms with Gasteiger partial charge in [0.25, 0.3) is 0 Å². The first-order valence-electron chi connectivity index (χ1n) is 9.47. The number of hydrogen-bond acceptors (Lipinski definition) is 4. The molecule has 0 aliphatic carbocycles. The summed E-state index contributed by atoms with van der Waals surface area (Å²) in [5.74, 6) is -0.141. The summed E-state index contributed by atoms with van der Waals surface area (Å²) in [5.41, 5.74) is 4.27. The fraction of sp³-hybridized carbons (Fsp3) is 0.381. The van der Waals surface area contributed by atoms with Gasteiger partial charge in [0.1, 0.15) is 0 Å². The zero-order valence-electron chi connectivity index (χ0n) is 16.3. The number of likely N-dealkylation sites (tertiary alicyclic amines) is 1. The van der Waals surface area contributed by atoms with E-state index in [0.717, 1.165) is 19.4 Å². The number of primary sulfonamides is 1. The van der Waals surface area contributed by atoms with Gasteiger partial charge in [0, 0.05) is 24.7 Å². The molecule has 1 fully saturated rings. The van der Waals surface area contributed by atoms with Crippen LogP contribution in [-0.2, 0) is 14.8 Å². The predicted molar refractivity (Wildman–Crippen MR) is 111 cm³/mol. The lowest BCUT2D eigenvalue weighted by Crippen LogP contribution is -2.27. The Morgan fingerprint density at radius 1 is 1.18 bits per heavy atom. The van der Waals surface area contributed by atoms with Gasteiger partial charge in [-0.25, -0.2) is 13.6 Å². The molecule has 3 N–H and O–H groups in total. The van der Waals surface area contributed by atoms with E-state index in [1.807, 2.05) is 0 Å². The predicted octanol–water partition coefficient (Wildman–Crippen LogP) is 3.12. The largest absolute Gasteiger partial charge is 0.326 e. The average Bonchev–Trinajstić information content (AvgIpc) is 3.07. The molecule has 1 saturated heterocycles. The van der Waals surface area contributed by atoms with Gasteiger partial charge in [-0.05, 0) is 57.0 Å². The number of sulfonamides is 1. The van der Waals surface area contributed by atoms with Crippen LogP contribution >= 0.6 is 0 Å². The van der Waals surface area contributed by atoms with Gasteiger partial charge in [-0.2, -0.15) is 0 Å². The number of nitrogens with zero attached hydrogens (tertiary/aromatic N) is 1. The average molecular weight is 402 g/mol. The second kappa shape index (κ2) is 8.43. The third kappa shape index (κ3) is 5.19. The zero-order valence-corrected chi connectivity index (χ0v) is 17.1. The molecule has 150 valence electrons. The molecule has 0 spiro atoms. The summed E-state index contributed by atoms with van der Waals surface area (Å²) in [6, 6.07) is 13.0. The van der Waals surface area contributed by atoms with Crippen LogP contribution in [0.4, 0.5) is 5.69 Å². The fourth-order valence-corrected chi connectivity index (χ4v) is 4.45. The molecule has 1 heterocycles. The minimum Gasteiger partial charge on any atom is -0.326 e. The van der Waals surface area contributed by atoms with Crippen LogP contribution in [0.3, 0.4) is 0 Å². The van der Waals surface area contributed by atoms with Crippen molar-refractivity contribution in [2.45, 2.75) is 44.0 Å². The fourth-order valence-electron chi connectivity index (χ4n) is 3.89. The van der Waals surface area contributed by atoms with Crippen molar-refractivity contribution in [1.29, 1.82) is 0 Å². The van der Waals surface area contributed by atoms with Gasteiger partial charge in [-0.3, -0.25) is 9.69 Å². The quantitative estimate of drug-likeness (QED) is 0.778. The van der Waals surface area contributed by atoms with Crippen molar-refractivity contribution >= 4 is 21.6 Å². The molecule has 0 saturated carbocycles. The summed E-state index contributed by atoms with van der Waals surface area (Å²) in [6.45, 7) is 5.86. The lowest BCUT2D eigenvalue weighted by Gasteiger charge is -2.25. The molecule has 3 rings (SSSR count). The minimum atomic E-state index is -3.79. The molecular weight excluding hydrogens is 374 g/mol. The summed E-state index contributed by atoms with van der Waals surface area (Å²) >= 11 is 0. The molecule has 7 heteroatoms. The lowest BCUT2D eigenvalue weighted by molar-refractivity contribution is -0.116. The topological polar surface area (TPSA) is 92.5 Å². The van der Waals surface area contributed by atoms with Gasteiger partial charge in [0.2, 0.25) is 15.9 Å². The first-order valence-corrected chi connectivity index (χ1v) is 11.0. The first kappa shape index (κ1) is 20.5. The van der Waals surface area contributed by atoms with Crippen LogP contribution in [0.1, 0.15) is 42.0 Å².